The molecule has 0 saturated heterocycles. The van der Waals surface area contributed by atoms with E-state index >= 15 is 8.63 Å². The van der Waals surface area contributed by atoms with Gasteiger partial charge in [0.15, 0.2) is 5.70 Å². The molecule has 1 aromatic carbocycles. The van der Waals surface area contributed by atoms with E-state index in [0.29, 0.717) is 10.0 Å². The Labute approximate surface area is 160 Å². The summed E-state index contributed by atoms with van der Waals surface area (Å²) in [4.78, 5) is 0. The molecule has 9 heteroatoms. The number of hydrogen-bond acceptors (Lipinski definition) is 0. The van der Waals surface area contributed by atoms with E-state index in [1.54, 1.807) is 36.4 Å². The zero-order valence-electron chi connectivity index (χ0n) is 11.8. The highest BCUT2D eigenvalue weighted by Gasteiger charge is 2.54. The van der Waals surface area contributed by atoms with Gasteiger partial charge in [0.1, 0.15) is 5.82 Å². The first kappa shape index (κ1) is 16.4. The predicted molar refractivity (Wildman–Crippen MR) is 99.0 cm³/mol. The normalized spacial score (nSPS) is 18.2. The molecular formula is C15H7BBr3F3N2. The van der Waals surface area contributed by atoms with Crippen molar-refractivity contribution in [2.75, 3.05) is 0 Å². The van der Waals surface area contributed by atoms with Crippen molar-refractivity contribution >= 4 is 65.0 Å². The monoisotopic (exact) mass is 520 g/mol. The van der Waals surface area contributed by atoms with Gasteiger partial charge in [-0.1, -0.05) is 15.9 Å². The van der Waals surface area contributed by atoms with E-state index in [-0.39, 0.29) is 26.2 Å². The van der Waals surface area contributed by atoms with Gasteiger partial charge in [0.2, 0.25) is 4.62 Å². The van der Waals surface area contributed by atoms with E-state index in [1.807, 2.05) is 0 Å². The van der Waals surface area contributed by atoms with Crippen LogP contribution >= 0.6 is 47.8 Å². The molecule has 0 bridgehead atoms. The summed E-state index contributed by atoms with van der Waals surface area (Å²) >= 11 is 9.57. The zero-order chi connectivity index (χ0) is 17.2. The molecule has 0 spiro atoms. The van der Waals surface area contributed by atoms with Crippen molar-refractivity contribution in [3.8, 4) is 0 Å². The molecule has 2 aliphatic heterocycles. The van der Waals surface area contributed by atoms with E-state index in [2.05, 4.69) is 47.8 Å². The van der Waals surface area contributed by atoms with Gasteiger partial charge < -0.3 is 17.6 Å². The summed E-state index contributed by atoms with van der Waals surface area (Å²) in [6.07, 6.45) is 3.11. The van der Waals surface area contributed by atoms with Crippen LogP contribution in [0.2, 0.25) is 0 Å². The Balaban J connectivity index is 2.12. The van der Waals surface area contributed by atoms with Gasteiger partial charge in [-0.25, -0.2) is 4.39 Å². The predicted octanol–water partition coefficient (Wildman–Crippen LogP) is 5.52. The number of halogens is 6. The second-order valence-electron chi connectivity index (χ2n) is 5.41. The summed E-state index contributed by atoms with van der Waals surface area (Å²) in [7, 11) is 0. The molecule has 2 aromatic rings. The Kier molecular flexibility index (Phi) is 3.74. The Bertz CT molecular complexity index is 992. The quantitative estimate of drug-likeness (QED) is 0.436. The van der Waals surface area contributed by atoms with Crippen LogP contribution in [0.3, 0.4) is 0 Å². The molecule has 0 atom stereocenters. The van der Waals surface area contributed by atoms with Crippen molar-refractivity contribution in [3.63, 3.8) is 0 Å². The van der Waals surface area contributed by atoms with Crippen LogP contribution in [0.5, 0.6) is 0 Å². The van der Waals surface area contributed by atoms with Crippen LogP contribution in [0.25, 0.3) is 5.57 Å². The number of aromatic nitrogens is 1. The van der Waals surface area contributed by atoms with Crippen LogP contribution in [0, 0.1) is 5.82 Å². The summed E-state index contributed by atoms with van der Waals surface area (Å²) in [6, 6.07) is 7.71. The Morgan fingerprint density at radius 1 is 1.00 bits per heavy atom. The van der Waals surface area contributed by atoms with Gasteiger partial charge in [0.25, 0.3) is 0 Å². The topological polar surface area (TPSA) is 7.94 Å². The van der Waals surface area contributed by atoms with Gasteiger partial charge in [0.05, 0.1) is 10.2 Å². The van der Waals surface area contributed by atoms with Gasteiger partial charge in [-0.2, -0.15) is 0 Å². The second kappa shape index (κ2) is 5.47. The smallest absolute Gasteiger partial charge is 0.389 e. The number of fused-ring (bicyclic) bond motifs is 2. The van der Waals surface area contributed by atoms with E-state index < -0.39 is 12.8 Å². The van der Waals surface area contributed by atoms with Gasteiger partial charge >= 0.3 is 6.97 Å². The fourth-order valence-electron chi connectivity index (χ4n) is 3.10. The molecular weight excluding hydrogens is 516 g/mol. The summed E-state index contributed by atoms with van der Waals surface area (Å²) in [5, 5.41) is 0. The van der Waals surface area contributed by atoms with Gasteiger partial charge in [-0.05, 0) is 46.3 Å². The maximum Gasteiger partial charge on any atom is 0.738 e. The van der Waals surface area contributed by atoms with Crippen molar-refractivity contribution in [2.24, 2.45) is 0 Å². The minimum absolute atomic E-state index is 0.240. The number of rotatable bonds is 1. The molecule has 2 aliphatic rings. The summed E-state index contributed by atoms with van der Waals surface area (Å²) in [6.45, 7) is -4.10. The van der Waals surface area contributed by atoms with Crippen molar-refractivity contribution in [3.05, 3.63) is 74.3 Å². The molecule has 2 nitrogen and oxygen atoms in total. The van der Waals surface area contributed by atoms with Crippen LogP contribution in [-0.4, -0.2) is 20.6 Å². The highest BCUT2D eigenvalue weighted by molar-refractivity contribution is 9.18. The lowest BCUT2D eigenvalue weighted by molar-refractivity contribution is -0.358. The maximum absolute atomic E-state index is 15.0. The number of nitrogens with zero attached hydrogens (tertiary/aromatic N) is 2. The number of benzene rings is 1. The lowest BCUT2D eigenvalue weighted by Gasteiger charge is -2.32. The van der Waals surface area contributed by atoms with Crippen molar-refractivity contribution in [1.29, 1.82) is 0 Å². The SMILES string of the molecule is Fc1cc(Br)ccc1C1=C2C=CC(Br)=[N+]2[B-](F)(F)n2c(Br)ccc21. The Morgan fingerprint density at radius 3 is 2.46 bits per heavy atom. The van der Waals surface area contributed by atoms with Crippen LogP contribution in [0.1, 0.15) is 11.3 Å². The number of hydrogen-bond donors (Lipinski definition) is 0. The maximum atomic E-state index is 15.0. The molecule has 122 valence electrons. The summed E-state index contributed by atoms with van der Waals surface area (Å²) in [5.41, 5.74) is 1.23. The fourth-order valence-corrected chi connectivity index (χ4v) is 4.57. The largest absolute Gasteiger partial charge is 0.738 e. The van der Waals surface area contributed by atoms with Crippen molar-refractivity contribution in [1.82, 2.24) is 4.48 Å². The minimum Gasteiger partial charge on any atom is -0.389 e. The van der Waals surface area contributed by atoms with Crippen LogP contribution < -0.4 is 0 Å². The minimum atomic E-state index is -4.10. The standard InChI is InChI=1S/C15H7BBr3F3N2/c17-8-1-2-9(10(20)7-8)15-11-3-5-13(18)23(11)16(21,22)24-12(15)4-6-14(24)19/h1-7H. The van der Waals surface area contributed by atoms with E-state index in [4.69, 9.17) is 0 Å². The molecule has 4 rings (SSSR count). The molecule has 1 aromatic heterocycles. The summed E-state index contributed by atoms with van der Waals surface area (Å²) < 4.78 is 47.5. The van der Waals surface area contributed by atoms with Crippen LogP contribution in [0.15, 0.2) is 57.3 Å². The lowest BCUT2D eigenvalue weighted by Crippen LogP contribution is -2.50. The molecule has 0 amide bonds. The molecule has 0 fully saturated rings. The molecule has 0 aliphatic carbocycles. The molecule has 0 N–H and O–H groups in total. The molecule has 0 saturated carbocycles. The third-order valence-corrected chi connectivity index (χ3v) is 5.86. The zero-order valence-corrected chi connectivity index (χ0v) is 16.5. The Morgan fingerprint density at radius 2 is 1.75 bits per heavy atom. The molecule has 0 unspecified atom stereocenters. The Hall–Kier alpha value is -1.06. The first-order chi connectivity index (χ1) is 11.3. The van der Waals surface area contributed by atoms with Gasteiger partial charge in [-0.15, -0.1) is 0 Å². The van der Waals surface area contributed by atoms with E-state index in [9.17, 15) is 4.39 Å². The molecule has 3 heterocycles. The molecule has 24 heavy (non-hydrogen) atoms. The van der Waals surface area contributed by atoms with Crippen molar-refractivity contribution in [2.45, 2.75) is 0 Å². The number of allylic oxidation sites excluding steroid dienone is 2. The summed E-state index contributed by atoms with van der Waals surface area (Å²) in [5.74, 6) is -0.482. The third-order valence-electron chi connectivity index (χ3n) is 4.07. The van der Waals surface area contributed by atoms with Crippen LogP contribution in [-0.2, 0) is 0 Å². The highest BCUT2D eigenvalue weighted by atomic mass is 79.9. The van der Waals surface area contributed by atoms with Gasteiger partial charge in [0, 0.05) is 43.8 Å². The molecule has 0 radical (unpaired) electrons. The van der Waals surface area contributed by atoms with Crippen LogP contribution in [0.4, 0.5) is 13.0 Å². The van der Waals surface area contributed by atoms with E-state index in [0.717, 1.165) is 8.96 Å². The second-order valence-corrected chi connectivity index (χ2v) is 7.95. The first-order valence-electron chi connectivity index (χ1n) is 6.91. The van der Waals surface area contributed by atoms with E-state index in [1.165, 1.54) is 6.07 Å². The van der Waals surface area contributed by atoms with Crippen molar-refractivity contribution < 1.29 is 17.5 Å². The fraction of sp³-hybridized carbons (Fsp3) is 0. The average Bonchev–Trinajstić information content (AvgIpc) is 3.06. The first-order valence-corrected chi connectivity index (χ1v) is 9.29. The van der Waals surface area contributed by atoms with Gasteiger partial charge in [-0.3, -0.25) is 0 Å². The average molecular weight is 523 g/mol. The third kappa shape index (κ3) is 2.17. The lowest BCUT2D eigenvalue weighted by atomic mass is 9.86. The highest BCUT2D eigenvalue weighted by Crippen LogP contribution is 2.42.